The summed E-state index contributed by atoms with van der Waals surface area (Å²) in [6, 6.07) is 1.84. The van der Waals surface area contributed by atoms with Gasteiger partial charge in [0.15, 0.2) is 11.6 Å². The van der Waals surface area contributed by atoms with Crippen LogP contribution in [0.5, 0.6) is 0 Å². The average molecular weight is 402 g/mol. The maximum Gasteiger partial charge on any atom is 0.217 e. The molecule has 1 aliphatic carbocycles. The Hall–Kier alpha value is -2.54. The van der Waals surface area contributed by atoms with Crippen molar-refractivity contribution in [3.63, 3.8) is 0 Å². The molecule has 3 aromatic heterocycles. The van der Waals surface area contributed by atoms with E-state index in [2.05, 4.69) is 25.3 Å². The van der Waals surface area contributed by atoms with Crippen molar-refractivity contribution in [1.29, 1.82) is 0 Å². The number of hydrogen-bond acceptors (Lipinski definition) is 4. The quantitative estimate of drug-likeness (QED) is 0.690. The van der Waals surface area contributed by atoms with Gasteiger partial charge < -0.3 is 10.3 Å². The normalized spacial score (nSPS) is 19.7. The van der Waals surface area contributed by atoms with Crippen molar-refractivity contribution in [3.05, 3.63) is 41.2 Å². The molecule has 1 fully saturated rings. The third kappa shape index (κ3) is 3.85. The molecule has 0 bridgehead atoms. The van der Waals surface area contributed by atoms with Crippen LogP contribution in [0.1, 0.15) is 38.3 Å². The molecule has 146 valence electrons. The van der Waals surface area contributed by atoms with Gasteiger partial charge in [0, 0.05) is 36.3 Å². The van der Waals surface area contributed by atoms with E-state index in [0.29, 0.717) is 28.6 Å². The monoisotopic (exact) mass is 401 g/mol. The van der Waals surface area contributed by atoms with Gasteiger partial charge in [0.05, 0.1) is 16.9 Å². The Kier molecular flexibility index (Phi) is 5.26. The maximum atomic E-state index is 14.5. The van der Waals surface area contributed by atoms with E-state index in [0.717, 1.165) is 36.6 Å². The highest BCUT2D eigenvalue weighted by atomic mass is 35.5. The van der Waals surface area contributed by atoms with Crippen LogP contribution < -0.4 is 5.32 Å². The molecule has 0 unspecified atom stereocenters. The predicted octanol–water partition coefficient (Wildman–Crippen LogP) is 4.05. The van der Waals surface area contributed by atoms with E-state index in [1.807, 2.05) is 0 Å². The van der Waals surface area contributed by atoms with E-state index >= 15 is 0 Å². The van der Waals surface area contributed by atoms with Crippen LogP contribution in [-0.4, -0.2) is 31.9 Å². The summed E-state index contributed by atoms with van der Waals surface area (Å²) in [4.78, 5) is 27.5. The second-order valence-electron chi connectivity index (χ2n) is 7.30. The summed E-state index contributed by atoms with van der Waals surface area (Å²) >= 11 is 6.07. The number of pyridine rings is 1. The first-order chi connectivity index (χ1) is 13.5. The number of nitrogens with one attached hydrogen (secondary N) is 2. The zero-order chi connectivity index (χ0) is 19.7. The lowest BCUT2D eigenvalue weighted by Gasteiger charge is -2.31. The fourth-order valence-corrected chi connectivity index (χ4v) is 4.15. The Morgan fingerprint density at radius 2 is 2.14 bits per heavy atom. The summed E-state index contributed by atoms with van der Waals surface area (Å²) in [5.74, 6) is 0.114. The number of aromatic nitrogens is 4. The number of carbonyl (C=O) groups is 1. The molecule has 6 nitrogen and oxygen atoms in total. The van der Waals surface area contributed by atoms with Crippen LogP contribution in [0.25, 0.3) is 22.4 Å². The smallest absolute Gasteiger partial charge is 0.217 e. The third-order valence-electron chi connectivity index (χ3n) is 5.31. The summed E-state index contributed by atoms with van der Waals surface area (Å²) in [6.45, 7) is 1.52. The Bertz CT molecular complexity index is 1020. The van der Waals surface area contributed by atoms with Crippen molar-refractivity contribution in [2.75, 3.05) is 0 Å². The van der Waals surface area contributed by atoms with E-state index in [4.69, 9.17) is 11.6 Å². The highest BCUT2D eigenvalue weighted by molar-refractivity contribution is 6.31. The van der Waals surface area contributed by atoms with E-state index < -0.39 is 5.82 Å². The van der Waals surface area contributed by atoms with Gasteiger partial charge in [-0.2, -0.15) is 0 Å². The standard InChI is InChI=1S/C20H21ClFN5O/c1-11(28)26-17-5-3-2-4-12(17)6-18-16(22)10-25-20(27-18)15-9-24-19-14(15)7-13(21)8-23-19/h7-10,12,17H,2-6H2,1H3,(H,23,24)(H,26,28)/t12-,17+/m1/s1. The van der Waals surface area contributed by atoms with Crippen molar-refractivity contribution in [1.82, 2.24) is 25.3 Å². The van der Waals surface area contributed by atoms with Crippen LogP contribution in [0.15, 0.2) is 24.7 Å². The minimum Gasteiger partial charge on any atom is -0.353 e. The molecule has 4 rings (SSSR count). The molecule has 2 atom stereocenters. The molecule has 1 aliphatic rings. The van der Waals surface area contributed by atoms with Gasteiger partial charge in [-0.25, -0.2) is 19.3 Å². The Morgan fingerprint density at radius 1 is 1.32 bits per heavy atom. The number of fused-ring (bicyclic) bond motifs is 1. The molecular formula is C20H21ClFN5O. The maximum absolute atomic E-state index is 14.5. The van der Waals surface area contributed by atoms with Gasteiger partial charge in [0.1, 0.15) is 5.65 Å². The van der Waals surface area contributed by atoms with Crippen LogP contribution in [0, 0.1) is 11.7 Å². The lowest BCUT2D eigenvalue weighted by Crippen LogP contribution is -2.42. The van der Waals surface area contributed by atoms with Gasteiger partial charge in [-0.1, -0.05) is 24.4 Å². The Labute approximate surface area is 166 Å². The molecule has 0 saturated heterocycles. The minimum atomic E-state index is -0.424. The first-order valence-electron chi connectivity index (χ1n) is 9.43. The second kappa shape index (κ2) is 7.83. The molecule has 1 amide bonds. The molecular weight excluding hydrogens is 381 g/mol. The first-order valence-corrected chi connectivity index (χ1v) is 9.80. The average Bonchev–Trinajstić information content (AvgIpc) is 3.07. The number of hydrogen-bond donors (Lipinski definition) is 2. The van der Waals surface area contributed by atoms with Crippen molar-refractivity contribution in [3.8, 4) is 11.4 Å². The predicted molar refractivity (Wildman–Crippen MR) is 105 cm³/mol. The summed E-state index contributed by atoms with van der Waals surface area (Å²) in [7, 11) is 0. The highest BCUT2D eigenvalue weighted by Crippen LogP contribution is 2.30. The van der Waals surface area contributed by atoms with Crippen molar-refractivity contribution in [2.45, 2.75) is 45.1 Å². The zero-order valence-electron chi connectivity index (χ0n) is 15.5. The van der Waals surface area contributed by atoms with Gasteiger partial charge in [0.25, 0.3) is 0 Å². The number of amides is 1. The van der Waals surface area contributed by atoms with E-state index in [-0.39, 0.29) is 17.9 Å². The van der Waals surface area contributed by atoms with Gasteiger partial charge in [-0.3, -0.25) is 4.79 Å². The molecule has 0 radical (unpaired) electrons. The zero-order valence-corrected chi connectivity index (χ0v) is 16.3. The number of rotatable bonds is 4. The fourth-order valence-electron chi connectivity index (χ4n) is 3.99. The molecule has 0 spiro atoms. The first kappa shape index (κ1) is 18.8. The summed E-state index contributed by atoms with van der Waals surface area (Å²) < 4.78 is 14.5. The van der Waals surface area contributed by atoms with Gasteiger partial charge in [-0.05, 0) is 31.2 Å². The molecule has 3 aromatic rings. The SMILES string of the molecule is CC(=O)N[C@H]1CCCC[C@@H]1Cc1nc(-c2c[nH]c3ncc(Cl)cc23)ncc1F. The van der Waals surface area contributed by atoms with Crippen LogP contribution in [0.2, 0.25) is 5.02 Å². The van der Waals surface area contributed by atoms with Crippen LogP contribution in [-0.2, 0) is 11.2 Å². The molecule has 3 heterocycles. The van der Waals surface area contributed by atoms with Gasteiger partial charge in [-0.15, -0.1) is 0 Å². The second-order valence-corrected chi connectivity index (χ2v) is 7.73. The lowest BCUT2D eigenvalue weighted by molar-refractivity contribution is -0.120. The van der Waals surface area contributed by atoms with E-state index in [9.17, 15) is 9.18 Å². The lowest BCUT2D eigenvalue weighted by atomic mass is 9.81. The molecule has 0 aromatic carbocycles. The van der Waals surface area contributed by atoms with Gasteiger partial charge in [0.2, 0.25) is 5.91 Å². The molecule has 1 saturated carbocycles. The number of carbonyl (C=O) groups excluding carboxylic acids is 1. The third-order valence-corrected chi connectivity index (χ3v) is 5.52. The summed E-state index contributed by atoms with van der Waals surface area (Å²) in [5.41, 5.74) is 1.77. The summed E-state index contributed by atoms with van der Waals surface area (Å²) in [6.07, 6.45) is 9.00. The molecule has 28 heavy (non-hydrogen) atoms. The van der Waals surface area contributed by atoms with Crippen molar-refractivity contribution < 1.29 is 9.18 Å². The van der Waals surface area contributed by atoms with Crippen molar-refractivity contribution in [2.24, 2.45) is 5.92 Å². The largest absolute Gasteiger partial charge is 0.353 e. The van der Waals surface area contributed by atoms with Crippen LogP contribution in [0.4, 0.5) is 4.39 Å². The van der Waals surface area contributed by atoms with Crippen molar-refractivity contribution >= 4 is 28.5 Å². The Morgan fingerprint density at radius 3 is 2.96 bits per heavy atom. The number of halogens is 2. The van der Waals surface area contributed by atoms with Crippen LogP contribution in [0.3, 0.4) is 0 Å². The van der Waals surface area contributed by atoms with Gasteiger partial charge >= 0.3 is 0 Å². The minimum absolute atomic E-state index is 0.0519. The number of aromatic amines is 1. The summed E-state index contributed by atoms with van der Waals surface area (Å²) in [5, 5.41) is 4.31. The Balaban J connectivity index is 1.65. The molecule has 0 aliphatic heterocycles. The number of nitrogens with zero attached hydrogens (tertiary/aromatic N) is 3. The molecule has 8 heteroatoms. The molecule has 2 N–H and O–H groups in total. The fraction of sp³-hybridized carbons (Fsp3) is 0.400. The van der Waals surface area contributed by atoms with E-state index in [1.165, 1.54) is 13.1 Å². The highest BCUT2D eigenvalue weighted by Gasteiger charge is 2.27. The van der Waals surface area contributed by atoms with E-state index in [1.54, 1.807) is 18.5 Å². The topological polar surface area (TPSA) is 83.6 Å². The number of H-pyrrole nitrogens is 1. The van der Waals surface area contributed by atoms with Crippen LogP contribution >= 0.6 is 11.6 Å².